The molecule has 0 aliphatic rings. The molecule has 3 aromatic carbocycles. The van der Waals surface area contributed by atoms with E-state index >= 15 is 0 Å². The molecule has 3 aromatic rings. The number of ether oxygens (including phenoxy) is 2. The molecule has 0 aliphatic carbocycles. The fraction of sp³-hybridized carbons (Fsp3) is 0.208. The molecule has 3 rings (SSSR count). The van der Waals surface area contributed by atoms with E-state index in [1.54, 1.807) is 30.3 Å². The van der Waals surface area contributed by atoms with Gasteiger partial charge in [0.2, 0.25) is 5.91 Å². The third-order valence-corrected chi connectivity index (χ3v) is 6.62. The topological polar surface area (TPSA) is 84.9 Å². The molecule has 0 fully saturated rings. The lowest BCUT2D eigenvalue weighted by Gasteiger charge is -2.24. The Morgan fingerprint density at radius 2 is 1.62 bits per heavy atom. The molecule has 0 saturated heterocycles. The van der Waals surface area contributed by atoms with E-state index in [1.165, 1.54) is 32.4 Å². The number of sulfonamides is 1. The summed E-state index contributed by atoms with van der Waals surface area (Å²) in [4.78, 5) is 12.7. The summed E-state index contributed by atoms with van der Waals surface area (Å²) in [6, 6.07) is 20.6. The predicted molar refractivity (Wildman–Crippen MR) is 124 cm³/mol. The molecule has 0 aliphatic heterocycles. The lowest BCUT2D eigenvalue weighted by atomic mass is 10.1. The van der Waals surface area contributed by atoms with Crippen molar-refractivity contribution >= 4 is 21.6 Å². The average molecular weight is 455 g/mol. The Morgan fingerprint density at radius 1 is 0.906 bits per heavy atom. The van der Waals surface area contributed by atoms with Gasteiger partial charge in [-0.2, -0.15) is 0 Å². The van der Waals surface area contributed by atoms with Crippen LogP contribution in [0.4, 0.5) is 5.69 Å². The van der Waals surface area contributed by atoms with Crippen LogP contribution in [0.1, 0.15) is 11.1 Å². The van der Waals surface area contributed by atoms with Crippen LogP contribution < -0.4 is 19.1 Å². The number of rotatable bonds is 9. The first-order chi connectivity index (χ1) is 15.3. The van der Waals surface area contributed by atoms with Crippen LogP contribution in [-0.4, -0.2) is 35.1 Å². The van der Waals surface area contributed by atoms with Gasteiger partial charge in [0.25, 0.3) is 10.0 Å². The highest BCUT2D eigenvalue weighted by Gasteiger charge is 2.28. The van der Waals surface area contributed by atoms with Crippen molar-refractivity contribution < 1.29 is 22.7 Å². The molecular weight excluding hydrogens is 428 g/mol. The highest BCUT2D eigenvalue weighted by molar-refractivity contribution is 7.92. The average Bonchev–Trinajstić information content (AvgIpc) is 2.81. The summed E-state index contributed by atoms with van der Waals surface area (Å²) in [5, 5.41) is 2.80. The number of amides is 1. The lowest BCUT2D eigenvalue weighted by Crippen LogP contribution is -2.40. The molecular formula is C24H26N2O5S. The molecule has 0 unspecified atom stereocenters. The zero-order valence-electron chi connectivity index (χ0n) is 18.2. The Hall–Kier alpha value is -3.52. The zero-order valence-corrected chi connectivity index (χ0v) is 19.1. The Morgan fingerprint density at radius 3 is 2.28 bits per heavy atom. The van der Waals surface area contributed by atoms with Crippen LogP contribution in [0.25, 0.3) is 0 Å². The molecule has 1 N–H and O–H groups in total. The Labute approximate surface area is 188 Å². The number of nitrogens with zero attached hydrogens (tertiary/aromatic N) is 1. The molecule has 7 nitrogen and oxygen atoms in total. The van der Waals surface area contributed by atoms with Gasteiger partial charge in [0.05, 0.1) is 24.8 Å². The minimum atomic E-state index is -4.06. The Balaban J connectivity index is 1.88. The number of hydrogen-bond acceptors (Lipinski definition) is 5. The highest BCUT2D eigenvalue weighted by Crippen LogP contribution is 2.32. The maximum Gasteiger partial charge on any atom is 0.264 e. The Bertz CT molecular complexity index is 1180. The van der Waals surface area contributed by atoms with E-state index in [0.29, 0.717) is 18.0 Å². The summed E-state index contributed by atoms with van der Waals surface area (Å²) >= 11 is 0. The number of carbonyl (C=O) groups is 1. The molecule has 1 amide bonds. The molecule has 0 bridgehead atoms. The summed E-state index contributed by atoms with van der Waals surface area (Å²) in [6.45, 7) is 1.91. The zero-order chi connectivity index (χ0) is 23.1. The molecule has 168 valence electrons. The summed E-state index contributed by atoms with van der Waals surface area (Å²) in [7, 11) is -1.15. The van der Waals surface area contributed by atoms with Crippen molar-refractivity contribution in [2.45, 2.75) is 18.4 Å². The molecule has 0 radical (unpaired) electrons. The summed E-state index contributed by atoms with van der Waals surface area (Å²) in [5.74, 6) is 0.276. The fourth-order valence-corrected chi connectivity index (χ4v) is 4.66. The van der Waals surface area contributed by atoms with E-state index in [2.05, 4.69) is 5.32 Å². The van der Waals surface area contributed by atoms with Gasteiger partial charge in [-0.25, -0.2) is 8.42 Å². The molecule has 0 atom stereocenters. The van der Waals surface area contributed by atoms with E-state index in [-0.39, 0.29) is 17.2 Å². The van der Waals surface area contributed by atoms with E-state index in [0.717, 1.165) is 15.4 Å². The van der Waals surface area contributed by atoms with Crippen LogP contribution in [0, 0.1) is 6.92 Å². The predicted octanol–water partition coefficient (Wildman–Crippen LogP) is 3.52. The summed E-state index contributed by atoms with van der Waals surface area (Å²) < 4.78 is 38.5. The molecule has 0 spiro atoms. The quantitative estimate of drug-likeness (QED) is 0.535. The number of hydrogen-bond donors (Lipinski definition) is 1. The first-order valence-corrected chi connectivity index (χ1v) is 11.4. The monoisotopic (exact) mass is 454 g/mol. The number of aryl methyl sites for hydroxylation is 1. The van der Waals surface area contributed by atoms with Crippen LogP contribution in [0.3, 0.4) is 0 Å². The molecule has 8 heteroatoms. The second-order valence-corrected chi connectivity index (χ2v) is 8.99. The van der Waals surface area contributed by atoms with Crippen molar-refractivity contribution in [3.05, 3.63) is 83.9 Å². The van der Waals surface area contributed by atoms with Crippen LogP contribution in [0.5, 0.6) is 11.5 Å². The van der Waals surface area contributed by atoms with Crippen LogP contribution >= 0.6 is 0 Å². The van der Waals surface area contributed by atoms with Gasteiger partial charge in [-0.05, 0) is 36.8 Å². The van der Waals surface area contributed by atoms with Gasteiger partial charge in [-0.15, -0.1) is 0 Å². The summed E-state index contributed by atoms with van der Waals surface area (Å²) in [5.41, 5.74) is 2.40. The normalized spacial score (nSPS) is 11.0. The van der Waals surface area contributed by atoms with Gasteiger partial charge >= 0.3 is 0 Å². The van der Waals surface area contributed by atoms with Crippen LogP contribution in [-0.2, 0) is 21.4 Å². The number of anilines is 1. The van der Waals surface area contributed by atoms with Crippen LogP contribution in [0.2, 0.25) is 0 Å². The van der Waals surface area contributed by atoms with Crippen LogP contribution in [0.15, 0.2) is 77.7 Å². The maximum atomic E-state index is 13.5. The van der Waals surface area contributed by atoms with Gasteiger partial charge in [0.1, 0.15) is 6.54 Å². The smallest absolute Gasteiger partial charge is 0.264 e. The molecule has 0 heterocycles. The number of carbonyl (C=O) groups excluding carboxylic acids is 1. The number of methoxy groups -OCH3 is 2. The first-order valence-electron chi connectivity index (χ1n) is 9.97. The maximum absolute atomic E-state index is 13.5. The van der Waals surface area contributed by atoms with Crippen molar-refractivity contribution in [2.24, 2.45) is 0 Å². The second kappa shape index (κ2) is 10.2. The van der Waals surface area contributed by atoms with Gasteiger partial charge < -0.3 is 14.8 Å². The largest absolute Gasteiger partial charge is 0.493 e. The van der Waals surface area contributed by atoms with Crippen molar-refractivity contribution in [3.8, 4) is 11.5 Å². The molecule has 0 saturated carbocycles. The number of para-hydroxylation sites is 1. The van der Waals surface area contributed by atoms with Gasteiger partial charge in [0, 0.05) is 12.6 Å². The third kappa shape index (κ3) is 5.39. The summed E-state index contributed by atoms with van der Waals surface area (Å²) in [6.07, 6.45) is 0. The molecule has 0 aromatic heterocycles. The standard InChI is InChI=1S/C24H26N2O5S/c1-18-8-7-9-19(14-18)16-25-24(27)17-26(20-10-5-4-6-11-20)32(28,29)21-12-13-22(30-2)23(15-21)31-3/h4-15H,16-17H2,1-3H3,(H,25,27). The number of benzene rings is 3. The number of nitrogens with one attached hydrogen (secondary N) is 1. The van der Waals surface area contributed by atoms with Crippen molar-refractivity contribution in [1.82, 2.24) is 5.32 Å². The minimum absolute atomic E-state index is 0.00881. The third-order valence-electron chi connectivity index (χ3n) is 4.85. The van der Waals surface area contributed by atoms with E-state index in [4.69, 9.17) is 9.47 Å². The lowest BCUT2D eigenvalue weighted by molar-refractivity contribution is -0.119. The second-order valence-electron chi connectivity index (χ2n) is 7.13. The Kier molecular flexibility index (Phi) is 7.37. The molecule has 32 heavy (non-hydrogen) atoms. The van der Waals surface area contributed by atoms with Gasteiger partial charge in [-0.1, -0.05) is 48.0 Å². The van der Waals surface area contributed by atoms with Gasteiger partial charge in [0.15, 0.2) is 11.5 Å². The van der Waals surface area contributed by atoms with Crippen molar-refractivity contribution in [1.29, 1.82) is 0 Å². The minimum Gasteiger partial charge on any atom is -0.493 e. The van der Waals surface area contributed by atoms with E-state index in [1.807, 2.05) is 31.2 Å². The SMILES string of the molecule is COc1ccc(S(=O)(=O)N(CC(=O)NCc2cccc(C)c2)c2ccccc2)cc1OC. The van der Waals surface area contributed by atoms with Crippen molar-refractivity contribution in [3.63, 3.8) is 0 Å². The van der Waals surface area contributed by atoms with Crippen molar-refractivity contribution in [2.75, 3.05) is 25.1 Å². The fourth-order valence-electron chi connectivity index (χ4n) is 3.22. The highest BCUT2D eigenvalue weighted by atomic mass is 32.2. The van der Waals surface area contributed by atoms with E-state index in [9.17, 15) is 13.2 Å². The first kappa shape index (κ1) is 23.1. The van der Waals surface area contributed by atoms with Gasteiger partial charge in [-0.3, -0.25) is 9.10 Å². The van der Waals surface area contributed by atoms with E-state index < -0.39 is 15.9 Å².